The quantitative estimate of drug-likeness (QED) is 0.852. The van der Waals surface area contributed by atoms with E-state index in [1.807, 2.05) is 26.1 Å². The molecule has 0 bridgehead atoms. The maximum atomic E-state index is 9.18. The number of rotatable bonds is 3. The van der Waals surface area contributed by atoms with Gasteiger partial charge in [-0.1, -0.05) is 39.2 Å². The highest BCUT2D eigenvalue weighted by Crippen LogP contribution is 2.32. The van der Waals surface area contributed by atoms with E-state index in [4.69, 9.17) is 5.73 Å². The summed E-state index contributed by atoms with van der Waals surface area (Å²) in [5.41, 5.74) is 6.91. The molecule has 0 aromatic carbocycles. The number of hydrogen-bond acceptors (Lipinski definition) is 4. The Balaban J connectivity index is 0.000000441. The smallest absolute Gasteiger partial charge is 0.293 e. The highest BCUT2D eigenvalue weighted by molar-refractivity contribution is 5.36. The Kier molecular flexibility index (Phi) is 11.5. The van der Waals surface area contributed by atoms with E-state index in [-0.39, 0.29) is 0 Å². The summed E-state index contributed by atoms with van der Waals surface area (Å²) in [5.74, 6) is 1.36. The zero-order valence-electron chi connectivity index (χ0n) is 13.0. The number of pyridine rings is 1. The van der Waals surface area contributed by atoms with Crippen LogP contribution in [-0.2, 0) is 9.53 Å². The maximum Gasteiger partial charge on any atom is 0.293 e. The minimum absolute atomic E-state index is 0.431. The third-order valence-corrected chi connectivity index (χ3v) is 3.12. The molecule has 1 saturated carbocycles. The highest BCUT2D eigenvalue weighted by Gasteiger charge is 2.15. The minimum atomic E-state index is 0.431. The van der Waals surface area contributed by atoms with Crippen molar-refractivity contribution >= 4 is 12.3 Å². The van der Waals surface area contributed by atoms with E-state index >= 15 is 0 Å². The first-order chi connectivity index (χ1) is 9.77. The second-order valence-electron chi connectivity index (χ2n) is 4.40. The summed E-state index contributed by atoms with van der Waals surface area (Å²) in [6.07, 6.45) is 8.73. The molecule has 0 spiro atoms. The zero-order valence-corrected chi connectivity index (χ0v) is 13.0. The first-order valence-corrected chi connectivity index (χ1v) is 7.54. The molecule has 1 heterocycles. The van der Waals surface area contributed by atoms with E-state index in [1.165, 1.54) is 37.7 Å². The van der Waals surface area contributed by atoms with E-state index in [2.05, 4.69) is 15.8 Å². The molecule has 114 valence electrons. The molecule has 1 aromatic heterocycles. The van der Waals surface area contributed by atoms with Crippen LogP contribution in [0.15, 0.2) is 18.3 Å². The number of carbonyl (C=O) groups excluding carboxylic acids is 1. The number of nitrogens with zero attached hydrogens (tertiary/aromatic N) is 1. The lowest BCUT2D eigenvalue weighted by atomic mass is 9.85. The van der Waals surface area contributed by atoms with Gasteiger partial charge in [0.25, 0.3) is 6.47 Å². The van der Waals surface area contributed by atoms with Crippen molar-refractivity contribution in [1.29, 1.82) is 0 Å². The third kappa shape index (κ3) is 7.77. The normalized spacial score (nSPS) is 14.2. The van der Waals surface area contributed by atoms with Gasteiger partial charge in [-0.3, -0.25) is 4.79 Å². The van der Waals surface area contributed by atoms with Crippen molar-refractivity contribution in [3.63, 3.8) is 0 Å². The first kappa shape index (κ1) is 18.4. The average molecular weight is 280 g/mol. The summed E-state index contributed by atoms with van der Waals surface area (Å²) in [6.45, 7) is 6.66. The predicted octanol–water partition coefficient (Wildman–Crippen LogP) is 3.92. The van der Waals surface area contributed by atoms with Crippen LogP contribution in [0.1, 0.15) is 64.4 Å². The van der Waals surface area contributed by atoms with E-state index in [9.17, 15) is 4.79 Å². The maximum absolute atomic E-state index is 9.18. The van der Waals surface area contributed by atoms with Crippen molar-refractivity contribution in [2.24, 2.45) is 0 Å². The average Bonchev–Trinajstić information content (AvgIpc) is 2.52. The van der Waals surface area contributed by atoms with E-state index in [1.54, 1.807) is 6.92 Å². The second kappa shape index (κ2) is 12.5. The fourth-order valence-electron chi connectivity index (χ4n) is 2.16. The Hall–Kier alpha value is -1.58. The molecule has 0 amide bonds. The Morgan fingerprint density at radius 1 is 1.30 bits per heavy atom. The van der Waals surface area contributed by atoms with Crippen molar-refractivity contribution in [3.05, 3.63) is 23.9 Å². The largest absolute Gasteiger partial charge is 0.468 e. The van der Waals surface area contributed by atoms with E-state index in [0.717, 1.165) is 5.92 Å². The molecule has 0 saturated heterocycles. The summed E-state index contributed by atoms with van der Waals surface area (Å²) in [6, 6.07) is 4.03. The molecule has 1 aliphatic carbocycles. The van der Waals surface area contributed by atoms with Gasteiger partial charge >= 0.3 is 0 Å². The van der Waals surface area contributed by atoms with Crippen LogP contribution in [0.5, 0.6) is 0 Å². The van der Waals surface area contributed by atoms with Crippen LogP contribution in [0.25, 0.3) is 0 Å². The predicted molar refractivity (Wildman–Crippen MR) is 83.5 cm³/mol. The summed E-state index contributed by atoms with van der Waals surface area (Å²) < 4.78 is 4.15. The molecule has 2 N–H and O–H groups in total. The Morgan fingerprint density at radius 3 is 2.35 bits per heavy atom. The standard InChI is InChI=1S/C11H16N2.C3H6O2.C2H6/c12-11-7-6-10(8-13-11)9-4-2-1-3-5-9;1-2-5-3-4;1-2/h6-9H,1-5H2,(H2,12,13);3H,2H2,1H3;1-2H3. The molecule has 2 rings (SSSR count). The SMILES string of the molecule is CC.CCOC=O.Nc1ccc(C2CCCCC2)cn1. The molecule has 1 aliphatic rings. The van der Waals surface area contributed by atoms with Gasteiger partial charge in [0.1, 0.15) is 5.82 Å². The Bertz CT molecular complexity index is 333. The third-order valence-electron chi connectivity index (χ3n) is 3.12. The number of ether oxygens (including phenoxy) is 1. The number of aromatic nitrogens is 1. The summed E-state index contributed by atoms with van der Waals surface area (Å²) in [4.78, 5) is 13.3. The van der Waals surface area contributed by atoms with Gasteiger partial charge in [0, 0.05) is 6.20 Å². The highest BCUT2D eigenvalue weighted by atomic mass is 16.5. The zero-order chi connectivity index (χ0) is 15.2. The molecular formula is C16H28N2O2. The molecule has 4 heteroatoms. The number of hydrogen-bond donors (Lipinski definition) is 1. The molecule has 0 radical (unpaired) electrons. The molecule has 1 aromatic rings. The van der Waals surface area contributed by atoms with Crippen LogP contribution >= 0.6 is 0 Å². The van der Waals surface area contributed by atoms with E-state index < -0.39 is 0 Å². The molecule has 1 fully saturated rings. The van der Waals surface area contributed by atoms with Gasteiger partial charge in [-0.15, -0.1) is 0 Å². The van der Waals surface area contributed by atoms with Gasteiger partial charge in [-0.2, -0.15) is 0 Å². The topological polar surface area (TPSA) is 65.2 Å². The summed E-state index contributed by atoms with van der Waals surface area (Å²) in [7, 11) is 0. The Morgan fingerprint density at radius 2 is 1.95 bits per heavy atom. The van der Waals surface area contributed by atoms with Crippen molar-refractivity contribution in [1.82, 2.24) is 4.98 Å². The van der Waals surface area contributed by atoms with Gasteiger partial charge in [0.15, 0.2) is 0 Å². The summed E-state index contributed by atoms with van der Waals surface area (Å²) >= 11 is 0. The number of nitrogens with two attached hydrogens (primary N) is 1. The van der Waals surface area contributed by atoms with Crippen molar-refractivity contribution in [3.8, 4) is 0 Å². The monoisotopic (exact) mass is 280 g/mol. The lowest BCUT2D eigenvalue weighted by Gasteiger charge is -2.21. The minimum Gasteiger partial charge on any atom is -0.468 e. The van der Waals surface area contributed by atoms with Gasteiger partial charge < -0.3 is 10.5 Å². The van der Waals surface area contributed by atoms with Gasteiger partial charge in [-0.05, 0) is 37.3 Å². The fourth-order valence-corrected chi connectivity index (χ4v) is 2.16. The number of anilines is 1. The fraction of sp³-hybridized carbons (Fsp3) is 0.625. The lowest BCUT2D eigenvalue weighted by Crippen LogP contribution is -2.05. The molecule has 0 aliphatic heterocycles. The van der Waals surface area contributed by atoms with Crippen LogP contribution in [0.4, 0.5) is 5.82 Å². The van der Waals surface area contributed by atoms with Crippen molar-refractivity contribution < 1.29 is 9.53 Å². The van der Waals surface area contributed by atoms with Crippen LogP contribution in [0, 0.1) is 0 Å². The molecule has 4 nitrogen and oxygen atoms in total. The molecule has 0 unspecified atom stereocenters. The van der Waals surface area contributed by atoms with Crippen LogP contribution in [-0.4, -0.2) is 18.1 Å². The van der Waals surface area contributed by atoms with E-state index in [0.29, 0.717) is 18.9 Å². The van der Waals surface area contributed by atoms with Crippen LogP contribution in [0.2, 0.25) is 0 Å². The van der Waals surface area contributed by atoms with Crippen molar-refractivity contribution in [2.45, 2.75) is 58.8 Å². The lowest BCUT2D eigenvalue weighted by molar-refractivity contribution is -0.128. The Labute approximate surface area is 122 Å². The molecular weight excluding hydrogens is 252 g/mol. The molecule has 0 atom stereocenters. The first-order valence-electron chi connectivity index (χ1n) is 7.54. The van der Waals surface area contributed by atoms with Crippen LogP contribution < -0.4 is 5.73 Å². The number of nitrogen functional groups attached to an aromatic ring is 1. The summed E-state index contributed by atoms with van der Waals surface area (Å²) in [5, 5.41) is 0. The van der Waals surface area contributed by atoms with Gasteiger partial charge in [0.2, 0.25) is 0 Å². The number of carbonyl (C=O) groups is 1. The second-order valence-corrected chi connectivity index (χ2v) is 4.40. The van der Waals surface area contributed by atoms with Gasteiger partial charge in [-0.25, -0.2) is 4.98 Å². The van der Waals surface area contributed by atoms with Gasteiger partial charge in [0.05, 0.1) is 6.61 Å². The van der Waals surface area contributed by atoms with Crippen LogP contribution in [0.3, 0.4) is 0 Å². The van der Waals surface area contributed by atoms with Crippen molar-refractivity contribution in [2.75, 3.05) is 12.3 Å². The molecule has 20 heavy (non-hydrogen) atoms.